The minimum Gasteiger partial charge on any atom is -0.497 e. The summed E-state index contributed by atoms with van der Waals surface area (Å²) in [5.74, 6) is 1.21. The van der Waals surface area contributed by atoms with Crippen molar-refractivity contribution in [3.8, 4) is 5.75 Å². The van der Waals surface area contributed by atoms with Gasteiger partial charge in [-0.2, -0.15) is 0 Å². The molecular formula is C24H36N4O6S. The zero-order valence-corrected chi connectivity index (χ0v) is 21.5. The fraction of sp³-hybridized carbons (Fsp3) is 0.542. The Bertz CT molecular complexity index is 963. The molecule has 0 unspecified atom stereocenters. The molecular weight excluding hydrogens is 472 g/mol. The van der Waals surface area contributed by atoms with Crippen LogP contribution in [0.15, 0.2) is 34.2 Å². The molecule has 1 amide bonds. The lowest BCUT2D eigenvalue weighted by molar-refractivity contribution is -0.129. The number of methoxy groups -OCH3 is 2. The van der Waals surface area contributed by atoms with Crippen LogP contribution < -0.4 is 16.2 Å². The molecule has 0 bridgehead atoms. The molecule has 194 valence electrons. The molecule has 0 fully saturated rings. The van der Waals surface area contributed by atoms with Gasteiger partial charge in [0.15, 0.2) is 0 Å². The normalized spacial score (nSPS) is 12.5. The van der Waals surface area contributed by atoms with E-state index in [4.69, 9.17) is 24.7 Å². The van der Waals surface area contributed by atoms with Crippen molar-refractivity contribution in [3.05, 3.63) is 51.6 Å². The summed E-state index contributed by atoms with van der Waals surface area (Å²) in [5, 5.41) is 0.700. The number of nitrogens with one attached hydrogen (secondary N) is 1. The maximum atomic E-state index is 12.5. The van der Waals surface area contributed by atoms with E-state index in [-0.39, 0.29) is 5.91 Å². The van der Waals surface area contributed by atoms with Crippen molar-refractivity contribution < 1.29 is 23.7 Å². The monoisotopic (exact) mass is 508 g/mol. The van der Waals surface area contributed by atoms with Gasteiger partial charge in [0.05, 0.1) is 50.9 Å². The molecule has 3 N–H and O–H groups in total. The average molecular weight is 509 g/mol. The van der Waals surface area contributed by atoms with Gasteiger partial charge in [0.25, 0.3) is 0 Å². The van der Waals surface area contributed by atoms with Gasteiger partial charge in [-0.25, -0.2) is 9.78 Å². The van der Waals surface area contributed by atoms with Gasteiger partial charge in [-0.15, -0.1) is 0 Å². The number of aromatic nitrogens is 2. The number of carbonyl (C=O) groups excluding carboxylic acids is 1. The number of nitrogens with zero attached hydrogens (tertiary/aromatic N) is 2. The fourth-order valence-electron chi connectivity index (χ4n) is 3.23. The molecule has 11 heteroatoms. The molecule has 0 saturated carbocycles. The van der Waals surface area contributed by atoms with Crippen LogP contribution in [0, 0.1) is 6.92 Å². The second-order valence-electron chi connectivity index (χ2n) is 7.70. The second kappa shape index (κ2) is 16.3. The van der Waals surface area contributed by atoms with Gasteiger partial charge in [-0.1, -0.05) is 17.8 Å². The smallest absolute Gasteiger partial charge is 0.345 e. The summed E-state index contributed by atoms with van der Waals surface area (Å²) in [7, 11) is 3.30. The van der Waals surface area contributed by atoms with Crippen molar-refractivity contribution >= 4 is 17.7 Å². The van der Waals surface area contributed by atoms with Gasteiger partial charge in [0.2, 0.25) is 5.91 Å². The predicted octanol–water partition coefficient (Wildman–Crippen LogP) is 1.39. The molecule has 0 saturated heterocycles. The molecule has 10 nitrogen and oxygen atoms in total. The molecule has 0 atom stereocenters. The molecule has 1 aliphatic rings. The van der Waals surface area contributed by atoms with Crippen LogP contribution in [-0.4, -0.2) is 86.9 Å². The summed E-state index contributed by atoms with van der Waals surface area (Å²) in [6.07, 6.45) is 2.35. The molecule has 35 heavy (non-hydrogen) atoms. The molecule has 2 heterocycles. The lowest BCUT2D eigenvalue weighted by atomic mass is 9.99. The number of H-pyrrole nitrogens is 1. The molecule has 1 aromatic heterocycles. The second-order valence-corrected chi connectivity index (χ2v) is 8.68. The Balaban J connectivity index is 0.000000334. The average Bonchev–Trinajstić information content (AvgIpc) is 2.88. The lowest BCUT2D eigenvalue weighted by Gasteiger charge is -2.29. The number of nitrogens with two attached hydrogens (primary N) is 1. The summed E-state index contributed by atoms with van der Waals surface area (Å²) < 4.78 is 20.2. The van der Waals surface area contributed by atoms with Crippen molar-refractivity contribution in [3.63, 3.8) is 0 Å². The van der Waals surface area contributed by atoms with E-state index in [0.29, 0.717) is 63.4 Å². The highest BCUT2D eigenvalue weighted by molar-refractivity contribution is 7.99. The molecule has 0 radical (unpaired) electrons. The van der Waals surface area contributed by atoms with E-state index in [9.17, 15) is 9.59 Å². The van der Waals surface area contributed by atoms with Gasteiger partial charge in [0, 0.05) is 32.9 Å². The van der Waals surface area contributed by atoms with E-state index in [1.807, 2.05) is 30.0 Å². The lowest BCUT2D eigenvalue weighted by Crippen LogP contribution is -2.37. The van der Waals surface area contributed by atoms with Crippen LogP contribution in [0.25, 0.3) is 0 Å². The number of aryl methyl sites for hydroxylation is 1. The maximum absolute atomic E-state index is 12.5. The minimum atomic E-state index is -0.392. The van der Waals surface area contributed by atoms with Crippen LogP contribution in [0.3, 0.4) is 0 Å². The van der Waals surface area contributed by atoms with Crippen LogP contribution in [0.1, 0.15) is 16.7 Å². The number of thioether (sulfide) groups is 1. The highest BCUT2D eigenvalue weighted by Crippen LogP contribution is 2.25. The van der Waals surface area contributed by atoms with E-state index < -0.39 is 5.69 Å². The van der Waals surface area contributed by atoms with E-state index in [1.54, 1.807) is 14.2 Å². The summed E-state index contributed by atoms with van der Waals surface area (Å²) in [5.41, 5.74) is 8.07. The number of amides is 1. The Morgan fingerprint density at radius 2 is 1.89 bits per heavy atom. The van der Waals surface area contributed by atoms with Crippen molar-refractivity contribution in [2.24, 2.45) is 5.73 Å². The van der Waals surface area contributed by atoms with E-state index in [1.165, 1.54) is 23.5 Å². The molecule has 1 aliphatic heterocycles. The third-order valence-corrected chi connectivity index (χ3v) is 6.24. The number of carbonyl (C=O) groups is 1. The largest absolute Gasteiger partial charge is 0.497 e. The molecule has 2 aromatic rings. The van der Waals surface area contributed by atoms with E-state index in [2.05, 4.69) is 9.97 Å². The molecule has 3 rings (SSSR count). The number of hydrogen-bond donors (Lipinski definition) is 2. The number of rotatable bonds is 12. The summed E-state index contributed by atoms with van der Waals surface area (Å²) >= 11 is 1.34. The summed E-state index contributed by atoms with van der Waals surface area (Å²) in [6, 6.07) is 5.98. The first-order valence-electron chi connectivity index (χ1n) is 11.4. The van der Waals surface area contributed by atoms with Gasteiger partial charge >= 0.3 is 5.69 Å². The number of ether oxygens (including phenoxy) is 4. The van der Waals surface area contributed by atoms with Gasteiger partial charge in [0.1, 0.15) is 5.75 Å². The standard InChI is InChI=1S/C17H19N3O3S.C7H17NO3/c1-11-8-18-17(22)19-16(11)24-10-15(21)20-6-5-12-7-14(23-2)4-3-13(12)9-20;1-9-4-5-11-7-6-10-3-2-8/h3-4,7-8H,5-6,9-10H2,1-2H3,(H,18,19,22);2-8H2,1H3. The van der Waals surface area contributed by atoms with E-state index >= 15 is 0 Å². The van der Waals surface area contributed by atoms with Gasteiger partial charge in [-0.3, -0.25) is 4.79 Å². The summed E-state index contributed by atoms with van der Waals surface area (Å²) in [6.45, 7) is 6.84. The number of aromatic amines is 1. The number of benzene rings is 1. The van der Waals surface area contributed by atoms with Crippen molar-refractivity contribution in [1.29, 1.82) is 0 Å². The number of fused-ring (bicyclic) bond motifs is 1. The Morgan fingerprint density at radius 3 is 2.60 bits per heavy atom. The van der Waals surface area contributed by atoms with Crippen LogP contribution in [0.2, 0.25) is 0 Å². The van der Waals surface area contributed by atoms with E-state index in [0.717, 1.165) is 23.3 Å². The minimum absolute atomic E-state index is 0.0681. The highest BCUT2D eigenvalue weighted by Gasteiger charge is 2.21. The quantitative estimate of drug-likeness (QED) is 0.248. The van der Waals surface area contributed by atoms with Crippen LogP contribution in [0.4, 0.5) is 0 Å². The zero-order valence-electron chi connectivity index (χ0n) is 20.7. The molecule has 0 spiro atoms. The Morgan fingerprint density at radius 1 is 1.14 bits per heavy atom. The SMILES string of the molecule is COCCOCCOCCN.COc1ccc2c(c1)CCN(C(=O)CSc1[nH]c(=O)ncc1C)C2. The first-order chi connectivity index (χ1) is 17.0. The first kappa shape index (κ1) is 28.8. The Kier molecular flexibility index (Phi) is 13.4. The van der Waals surface area contributed by atoms with Crippen molar-refractivity contribution in [1.82, 2.24) is 14.9 Å². The summed E-state index contributed by atoms with van der Waals surface area (Å²) in [4.78, 5) is 32.0. The Hall–Kier alpha value is -2.44. The topological polar surface area (TPSA) is 129 Å². The van der Waals surface area contributed by atoms with Crippen molar-refractivity contribution in [2.45, 2.75) is 24.9 Å². The third-order valence-electron chi connectivity index (χ3n) is 5.14. The molecule has 1 aromatic carbocycles. The van der Waals surface area contributed by atoms with Crippen molar-refractivity contribution in [2.75, 3.05) is 66.1 Å². The van der Waals surface area contributed by atoms with Crippen LogP contribution in [0.5, 0.6) is 5.75 Å². The third kappa shape index (κ3) is 10.4. The highest BCUT2D eigenvalue weighted by atomic mass is 32.2. The maximum Gasteiger partial charge on any atom is 0.345 e. The first-order valence-corrected chi connectivity index (χ1v) is 12.4. The fourth-order valence-corrected chi connectivity index (χ4v) is 4.12. The Labute approximate surface area is 210 Å². The predicted molar refractivity (Wildman–Crippen MR) is 135 cm³/mol. The van der Waals surface area contributed by atoms with Gasteiger partial charge < -0.3 is 34.6 Å². The number of hydrogen-bond acceptors (Lipinski definition) is 9. The van der Waals surface area contributed by atoms with Gasteiger partial charge in [-0.05, 0) is 42.2 Å². The van der Waals surface area contributed by atoms with Crippen LogP contribution in [-0.2, 0) is 32.0 Å². The van der Waals surface area contributed by atoms with Crippen LogP contribution >= 0.6 is 11.8 Å². The zero-order chi connectivity index (χ0) is 25.5. The molecule has 0 aliphatic carbocycles.